The molecule has 38 heavy (non-hydrogen) atoms. The molecule has 0 aliphatic carbocycles. The molecular weight excluding hydrogens is 478 g/mol. The first-order valence-electron chi connectivity index (χ1n) is 12.7. The molecule has 0 unspecified atom stereocenters. The highest BCUT2D eigenvalue weighted by Gasteiger charge is 2.50. The number of carbonyl (C=O) groups is 3. The van der Waals surface area contributed by atoms with Crippen molar-refractivity contribution in [1.29, 1.82) is 0 Å². The molecule has 0 spiro atoms. The number of nitrogens with two attached hydrogens (primary N) is 2. The van der Waals surface area contributed by atoms with Crippen molar-refractivity contribution in [2.45, 2.75) is 37.8 Å². The van der Waals surface area contributed by atoms with Crippen LogP contribution in [-0.2, 0) is 26.3 Å². The minimum absolute atomic E-state index is 0.145. The summed E-state index contributed by atoms with van der Waals surface area (Å²) in [5.41, 5.74) is 13.6. The molecule has 3 aromatic rings. The van der Waals surface area contributed by atoms with E-state index in [9.17, 15) is 14.4 Å². The fraction of sp³-hybridized carbons (Fsp3) is 0.267. The third kappa shape index (κ3) is 5.50. The maximum atomic E-state index is 13.8. The molecule has 3 amide bonds. The Kier molecular flexibility index (Phi) is 8.33. The van der Waals surface area contributed by atoms with Gasteiger partial charge < -0.3 is 11.5 Å². The van der Waals surface area contributed by atoms with Gasteiger partial charge in [-0.3, -0.25) is 24.2 Å². The van der Waals surface area contributed by atoms with Crippen molar-refractivity contribution >= 4 is 23.7 Å². The third-order valence-corrected chi connectivity index (χ3v) is 6.77. The van der Waals surface area contributed by atoms with Crippen LogP contribution >= 0.6 is 0 Å². The summed E-state index contributed by atoms with van der Waals surface area (Å²) in [7, 11) is 0. The molecule has 0 bridgehead atoms. The number of nitrogens with zero attached hydrogens (tertiary/aromatic N) is 3. The van der Waals surface area contributed by atoms with Gasteiger partial charge in [0.15, 0.2) is 11.5 Å². The summed E-state index contributed by atoms with van der Waals surface area (Å²) in [6.45, 7) is 1.87. The monoisotopic (exact) mass is 511 g/mol. The predicted octanol–water partition coefficient (Wildman–Crippen LogP) is 2.81. The molecule has 4 N–H and O–H groups in total. The van der Waals surface area contributed by atoms with Gasteiger partial charge >= 0.3 is 0 Å². The summed E-state index contributed by atoms with van der Waals surface area (Å²) in [5.74, 6) is -0.847. The van der Waals surface area contributed by atoms with Gasteiger partial charge in [0.25, 0.3) is 5.91 Å². The minimum Gasteiger partial charge on any atom is -0.369 e. The second kappa shape index (κ2) is 11.8. The van der Waals surface area contributed by atoms with Crippen molar-refractivity contribution in [3.8, 4) is 0 Å². The number of amides is 3. The van der Waals surface area contributed by atoms with E-state index in [-0.39, 0.29) is 24.3 Å². The maximum absolute atomic E-state index is 13.8. The molecule has 1 aliphatic rings. The van der Waals surface area contributed by atoms with Crippen LogP contribution in [0.1, 0.15) is 36.5 Å². The highest BCUT2D eigenvalue weighted by molar-refractivity contribution is 6.09. The third-order valence-electron chi connectivity index (χ3n) is 6.77. The van der Waals surface area contributed by atoms with Crippen LogP contribution in [-0.4, -0.2) is 52.6 Å². The van der Waals surface area contributed by atoms with Crippen molar-refractivity contribution in [2.75, 3.05) is 13.1 Å². The molecule has 196 valence electrons. The van der Waals surface area contributed by atoms with E-state index in [1.165, 1.54) is 16.7 Å². The van der Waals surface area contributed by atoms with Gasteiger partial charge in [-0.2, -0.15) is 0 Å². The van der Waals surface area contributed by atoms with Crippen LogP contribution in [0.25, 0.3) is 0 Å². The van der Waals surface area contributed by atoms with Gasteiger partial charge in [-0.05, 0) is 36.0 Å². The van der Waals surface area contributed by atoms with Crippen LogP contribution < -0.4 is 11.5 Å². The molecule has 0 radical (unpaired) electrons. The Labute approximate surface area is 222 Å². The molecular formula is C30H33N5O3. The van der Waals surface area contributed by atoms with Gasteiger partial charge in [-0.15, -0.1) is 0 Å². The zero-order valence-corrected chi connectivity index (χ0v) is 21.5. The smallest absolute Gasteiger partial charge is 0.266 e. The second-order valence-electron chi connectivity index (χ2n) is 9.38. The first kappa shape index (κ1) is 26.8. The van der Waals surface area contributed by atoms with Crippen LogP contribution in [0.3, 0.4) is 0 Å². The summed E-state index contributed by atoms with van der Waals surface area (Å²) in [5, 5.41) is 0. The summed E-state index contributed by atoms with van der Waals surface area (Å²) < 4.78 is 0. The number of hydrogen-bond donors (Lipinski definition) is 2. The molecule has 0 aromatic heterocycles. The quantitative estimate of drug-likeness (QED) is 0.405. The molecule has 8 heteroatoms. The Hall–Kier alpha value is -4.30. The lowest BCUT2D eigenvalue weighted by molar-refractivity contribution is -0.144. The van der Waals surface area contributed by atoms with Gasteiger partial charge in [0.05, 0.1) is 6.04 Å². The van der Waals surface area contributed by atoms with Gasteiger partial charge in [0, 0.05) is 20.0 Å². The maximum Gasteiger partial charge on any atom is 0.266 e. The molecule has 3 aromatic carbocycles. The van der Waals surface area contributed by atoms with Gasteiger partial charge in [0.2, 0.25) is 11.8 Å². The number of rotatable bonds is 10. The average Bonchev–Trinajstić information content (AvgIpc) is 3.19. The van der Waals surface area contributed by atoms with Crippen molar-refractivity contribution in [3.63, 3.8) is 0 Å². The van der Waals surface area contributed by atoms with E-state index < -0.39 is 17.5 Å². The molecule has 1 heterocycles. The zero-order valence-electron chi connectivity index (χ0n) is 21.5. The number of unbranched alkanes of at least 4 members (excludes halogenated alkanes) is 1. The predicted molar refractivity (Wildman–Crippen MR) is 147 cm³/mol. The van der Waals surface area contributed by atoms with Crippen LogP contribution in [0, 0.1) is 0 Å². The lowest BCUT2D eigenvalue weighted by Crippen LogP contribution is -2.47. The van der Waals surface area contributed by atoms with Crippen molar-refractivity contribution in [3.05, 3.63) is 108 Å². The van der Waals surface area contributed by atoms with Crippen LogP contribution in [0.2, 0.25) is 0 Å². The Morgan fingerprint density at radius 2 is 1.42 bits per heavy atom. The zero-order chi connectivity index (χ0) is 27.1. The van der Waals surface area contributed by atoms with E-state index in [1.807, 2.05) is 91.0 Å². The summed E-state index contributed by atoms with van der Waals surface area (Å²) >= 11 is 0. The van der Waals surface area contributed by atoms with Gasteiger partial charge in [0.1, 0.15) is 0 Å². The molecule has 1 atom stereocenters. The van der Waals surface area contributed by atoms with E-state index in [1.54, 1.807) is 0 Å². The highest BCUT2D eigenvalue weighted by Crippen LogP contribution is 2.39. The lowest BCUT2D eigenvalue weighted by atomic mass is 9.83. The molecule has 8 nitrogen and oxygen atoms in total. The Morgan fingerprint density at radius 3 is 1.95 bits per heavy atom. The van der Waals surface area contributed by atoms with Gasteiger partial charge in [-0.25, -0.2) is 4.99 Å². The SMILES string of the molecule is CC(=O)N(CCCCN1C(=O)C(c2ccccc2)(c2ccccc2)N=C1N)C(=O)[C@@H](N)Cc1ccccc1. The lowest BCUT2D eigenvalue weighted by Gasteiger charge is -2.27. The number of carbonyl (C=O) groups excluding carboxylic acids is 3. The first-order valence-corrected chi connectivity index (χ1v) is 12.7. The van der Waals surface area contributed by atoms with E-state index in [4.69, 9.17) is 16.5 Å². The first-order chi connectivity index (χ1) is 18.3. The molecule has 4 rings (SSSR count). The number of aliphatic imine (C=N–C) groups is 1. The van der Waals surface area contributed by atoms with E-state index >= 15 is 0 Å². The summed E-state index contributed by atoms with van der Waals surface area (Å²) in [6.07, 6.45) is 1.36. The largest absolute Gasteiger partial charge is 0.369 e. The minimum atomic E-state index is -1.25. The van der Waals surface area contributed by atoms with Crippen molar-refractivity contribution in [1.82, 2.24) is 9.80 Å². The fourth-order valence-corrected chi connectivity index (χ4v) is 4.82. The number of imide groups is 1. The highest BCUT2D eigenvalue weighted by atomic mass is 16.2. The molecule has 1 aliphatic heterocycles. The molecule has 0 saturated carbocycles. The Bertz CT molecular complexity index is 1260. The Balaban J connectivity index is 1.41. The fourth-order valence-electron chi connectivity index (χ4n) is 4.82. The number of benzene rings is 3. The number of guanidine groups is 1. The van der Waals surface area contributed by atoms with Gasteiger partial charge in [-0.1, -0.05) is 91.0 Å². The summed E-state index contributed by atoms with van der Waals surface area (Å²) in [4.78, 5) is 46.4. The molecule has 0 fully saturated rings. The molecule has 0 saturated heterocycles. The van der Waals surface area contributed by atoms with E-state index in [2.05, 4.69) is 0 Å². The average molecular weight is 512 g/mol. The van der Waals surface area contributed by atoms with Crippen LogP contribution in [0.15, 0.2) is 96.0 Å². The standard InChI is InChI=1S/C30H33N5O3/c1-22(36)34(27(37)26(31)21-23-13-5-2-6-14-23)19-11-12-20-35-28(38)30(33-29(35)32,24-15-7-3-8-16-24)25-17-9-4-10-18-25/h2-10,13-18,26H,11-12,19-21,31H2,1H3,(H2,32,33)/t26-/m0/s1. The van der Waals surface area contributed by atoms with Crippen LogP contribution in [0.4, 0.5) is 0 Å². The normalized spacial score (nSPS) is 15.2. The number of hydrogen-bond acceptors (Lipinski definition) is 6. The van der Waals surface area contributed by atoms with Crippen molar-refractivity contribution < 1.29 is 14.4 Å². The second-order valence-corrected chi connectivity index (χ2v) is 9.38. The Morgan fingerprint density at radius 1 is 0.895 bits per heavy atom. The summed E-state index contributed by atoms with van der Waals surface area (Å²) in [6, 6.07) is 27.4. The van der Waals surface area contributed by atoms with Crippen molar-refractivity contribution in [2.24, 2.45) is 16.5 Å². The topological polar surface area (TPSA) is 122 Å². The van der Waals surface area contributed by atoms with Crippen LogP contribution in [0.5, 0.6) is 0 Å². The van der Waals surface area contributed by atoms with E-state index in [0.717, 1.165) is 16.7 Å². The van der Waals surface area contributed by atoms with E-state index in [0.29, 0.717) is 25.8 Å².